The van der Waals surface area contributed by atoms with Crippen LogP contribution in [0.1, 0.15) is 11.1 Å². The molecule has 12 heteroatoms. The number of amides is 4. The zero-order valence-corrected chi connectivity index (χ0v) is 21.2. The smallest absolute Gasteiger partial charge is 0.335 e. The maximum Gasteiger partial charge on any atom is 0.335 e. The molecule has 0 radical (unpaired) electrons. The van der Waals surface area contributed by atoms with Gasteiger partial charge in [-0.05, 0) is 79.4 Å². The van der Waals surface area contributed by atoms with E-state index >= 15 is 0 Å². The van der Waals surface area contributed by atoms with Crippen LogP contribution in [0, 0.1) is 15.9 Å². The molecular formula is C24H14Br2FN3O6. The number of barbiturate groups is 1. The molecule has 1 heterocycles. The van der Waals surface area contributed by atoms with Crippen LogP contribution in [-0.2, 0) is 16.2 Å². The molecule has 0 aliphatic carbocycles. The number of anilines is 1. The number of halogens is 3. The molecule has 3 aromatic rings. The van der Waals surface area contributed by atoms with E-state index in [0.29, 0.717) is 25.2 Å². The molecule has 4 amide bonds. The topological polar surface area (TPSA) is 119 Å². The zero-order chi connectivity index (χ0) is 26.0. The normalized spacial score (nSPS) is 14.7. The first-order valence-electron chi connectivity index (χ1n) is 10.2. The van der Waals surface area contributed by atoms with Crippen molar-refractivity contribution < 1.29 is 28.4 Å². The fourth-order valence-electron chi connectivity index (χ4n) is 3.34. The minimum atomic E-state index is -1.02. The summed E-state index contributed by atoms with van der Waals surface area (Å²) < 4.78 is 19.9. The second-order valence-corrected chi connectivity index (χ2v) is 9.17. The van der Waals surface area contributed by atoms with Gasteiger partial charge in [-0.3, -0.25) is 25.0 Å². The number of benzene rings is 3. The van der Waals surface area contributed by atoms with E-state index in [1.165, 1.54) is 36.4 Å². The summed E-state index contributed by atoms with van der Waals surface area (Å²) in [4.78, 5) is 49.0. The summed E-state index contributed by atoms with van der Waals surface area (Å²) >= 11 is 6.80. The molecule has 1 aliphatic heterocycles. The Morgan fingerprint density at radius 2 is 1.69 bits per heavy atom. The van der Waals surface area contributed by atoms with Gasteiger partial charge in [0, 0.05) is 12.1 Å². The first-order chi connectivity index (χ1) is 17.1. The van der Waals surface area contributed by atoms with Crippen molar-refractivity contribution >= 4 is 67.2 Å². The third-order valence-electron chi connectivity index (χ3n) is 5.03. The number of hydrogen-bond acceptors (Lipinski definition) is 6. The molecule has 0 unspecified atom stereocenters. The van der Waals surface area contributed by atoms with Crippen molar-refractivity contribution in [2.24, 2.45) is 0 Å². The number of carbonyl (C=O) groups is 3. The summed E-state index contributed by atoms with van der Waals surface area (Å²) in [5.74, 6) is -1.76. The third kappa shape index (κ3) is 5.34. The van der Waals surface area contributed by atoms with Crippen LogP contribution in [0.15, 0.2) is 75.2 Å². The number of nitrogens with zero attached hydrogens (tertiary/aromatic N) is 2. The van der Waals surface area contributed by atoms with E-state index < -0.39 is 22.8 Å². The molecule has 1 saturated heterocycles. The van der Waals surface area contributed by atoms with E-state index in [9.17, 15) is 28.9 Å². The fourth-order valence-corrected chi connectivity index (χ4v) is 4.79. The predicted molar refractivity (Wildman–Crippen MR) is 135 cm³/mol. The lowest BCUT2D eigenvalue weighted by atomic mass is 10.1. The zero-order valence-electron chi connectivity index (χ0n) is 18.0. The maximum absolute atomic E-state index is 13.1. The first-order valence-corrected chi connectivity index (χ1v) is 11.7. The molecule has 9 nitrogen and oxygen atoms in total. The number of ether oxygens (including phenoxy) is 1. The van der Waals surface area contributed by atoms with Gasteiger partial charge < -0.3 is 4.74 Å². The van der Waals surface area contributed by atoms with Crippen molar-refractivity contribution in [2.75, 3.05) is 4.90 Å². The molecule has 0 bridgehead atoms. The average molecular weight is 619 g/mol. The molecule has 3 aromatic carbocycles. The largest absolute Gasteiger partial charge is 0.487 e. The van der Waals surface area contributed by atoms with Crippen molar-refractivity contribution in [1.82, 2.24) is 5.32 Å². The maximum atomic E-state index is 13.1. The minimum Gasteiger partial charge on any atom is -0.487 e. The number of non-ortho nitro benzene ring substituents is 1. The Labute approximate surface area is 220 Å². The Balaban J connectivity index is 1.61. The summed E-state index contributed by atoms with van der Waals surface area (Å²) in [6, 6.07) is 13.0. The van der Waals surface area contributed by atoms with E-state index in [2.05, 4.69) is 37.2 Å². The number of nitrogens with one attached hydrogen (secondary N) is 1. The van der Waals surface area contributed by atoms with Crippen LogP contribution in [0.25, 0.3) is 6.08 Å². The van der Waals surface area contributed by atoms with Gasteiger partial charge in [0.05, 0.1) is 19.6 Å². The van der Waals surface area contributed by atoms with E-state index in [1.54, 1.807) is 24.3 Å². The van der Waals surface area contributed by atoms with Crippen molar-refractivity contribution in [3.63, 3.8) is 0 Å². The SMILES string of the molecule is O=C1NC(=O)N(c2cccc([N+](=O)[O-])c2)C(=O)/C1=C/c1cc(Br)c(OCc2ccc(F)cc2)c(Br)c1. The average Bonchev–Trinajstić information content (AvgIpc) is 2.82. The van der Waals surface area contributed by atoms with Crippen LogP contribution >= 0.6 is 31.9 Å². The molecule has 36 heavy (non-hydrogen) atoms. The molecule has 1 aliphatic rings. The van der Waals surface area contributed by atoms with Crippen LogP contribution in [0.3, 0.4) is 0 Å². The highest BCUT2D eigenvalue weighted by Gasteiger charge is 2.37. The highest BCUT2D eigenvalue weighted by molar-refractivity contribution is 9.11. The van der Waals surface area contributed by atoms with Gasteiger partial charge in [-0.2, -0.15) is 0 Å². The van der Waals surface area contributed by atoms with E-state index in [-0.39, 0.29) is 29.4 Å². The Hall–Kier alpha value is -3.90. The quantitative estimate of drug-likeness (QED) is 0.169. The summed E-state index contributed by atoms with van der Waals surface area (Å²) in [6.07, 6.45) is 1.29. The Morgan fingerprint density at radius 1 is 1.03 bits per heavy atom. The molecule has 1 N–H and O–H groups in total. The standard InChI is InChI=1S/C24H14Br2FN3O6/c25-19-9-14(10-20(26)21(19)36-12-13-4-6-15(27)7-5-13)8-18-22(31)28-24(33)29(23(18)32)16-2-1-3-17(11-16)30(34)35/h1-11H,12H2,(H,28,31,33)/b18-8+. The van der Waals surface area contributed by atoms with Crippen LogP contribution in [0.4, 0.5) is 20.6 Å². The molecule has 0 aromatic heterocycles. The summed E-state index contributed by atoms with van der Waals surface area (Å²) in [7, 11) is 0. The van der Waals surface area contributed by atoms with Crippen molar-refractivity contribution in [3.8, 4) is 5.75 Å². The molecular weight excluding hydrogens is 605 g/mol. The second kappa shape index (κ2) is 10.4. The van der Waals surface area contributed by atoms with E-state index in [4.69, 9.17) is 4.74 Å². The van der Waals surface area contributed by atoms with Crippen LogP contribution in [0.5, 0.6) is 5.75 Å². The van der Waals surface area contributed by atoms with Gasteiger partial charge >= 0.3 is 6.03 Å². The van der Waals surface area contributed by atoms with Crippen molar-refractivity contribution in [3.05, 3.63) is 102 Å². The number of imide groups is 2. The van der Waals surface area contributed by atoms with Gasteiger partial charge in [0.15, 0.2) is 0 Å². The predicted octanol–water partition coefficient (Wildman–Crippen LogP) is 5.50. The molecule has 0 spiro atoms. The lowest BCUT2D eigenvalue weighted by Crippen LogP contribution is -2.54. The van der Waals surface area contributed by atoms with E-state index in [0.717, 1.165) is 11.6 Å². The van der Waals surface area contributed by atoms with Crippen molar-refractivity contribution in [1.29, 1.82) is 0 Å². The highest BCUT2D eigenvalue weighted by Crippen LogP contribution is 2.36. The fraction of sp³-hybridized carbons (Fsp3) is 0.0417. The number of rotatable bonds is 6. The Bertz CT molecular complexity index is 1420. The van der Waals surface area contributed by atoms with Gasteiger partial charge in [0.1, 0.15) is 23.7 Å². The number of nitro benzene ring substituents is 1. The Morgan fingerprint density at radius 3 is 2.33 bits per heavy atom. The lowest BCUT2D eigenvalue weighted by molar-refractivity contribution is -0.384. The Kier molecular flexibility index (Phi) is 7.27. The van der Waals surface area contributed by atoms with Crippen LogP contribution in [0.2, 0.25) is 0 Å². The van der Waals surface area contributed by atoms with Crippen LogP contribution < -0.4 is 15.0 Å². The summed E-state index contributed by atoms with van der Waals surface area (Å²) in [5, 5.41) is 13.2. The molecule has 0 atom stereocenters. The lowest BCUT2D eigenvalue weighted by Gasteiger charge is -2.26. The number of urea groups is 1. The van der Waals surface area contributed by atoms with E-state index in [1.807, 2.05) is 0 Å². The summed E-state index contributed by atoms with van der Waals surface area (Å²) in [5.41, 5.74) is 0.447. The first kappa shape index (κ1) is 25.2. The number of carbonyl (C=O) groups excluding carboxylic acids is 3. The molecule has 4 rings (SSSR count). The minimum absolute atomic E-state index is 0.0583. The highest BCUT2D eigenvalue weighted by atomic mass is 79.9. The summed E-state index contributed by atoms with van der Waals surface area (Å²) in [6.45, 7) is 0.166. The third-order valence-corrected chi connectivity index (χ3v) is 6.21. The van der Waals surface area contributed by atoms with Crippen LogP contribution in [-0.4, -0.2) is 22.8 Å². The monoisotopic (exact) mass is 617 g/mol. The number of hydrogen-bond donors (Lipinski definition) is 1. The van der Waals surface area contributed by atoms with Gasteiger partial charge in [-0.15, -0.1) is 0 Å². The van der Waals surface area contributed by atoms with Gasteiger partial charge in [0.2, 0.25) is 0 Å². The molecule has 182 valence electrons. The number of nitro groups is 1. The van der Waals surface area contributed by atoms with Gasteiger partial charge in [0.25, 0.3) is 17.5 Å². The van der Waals surface area contributed by atoms with Gasteiger partial charge in [-0.25, -0.2) is 14.1 Å². The van der Waals surface area contributed by atoms with Crippen molar-refractivity contribution in [2.45, 2.75) is 6.61 Å². The second-order valence-electron chi connectivity index (χ2n) is 7.46. The van der Waals surface area contributed by atoms with Gasteiger partial charge in [-0.1, -0.05) is 18.2 Å². The molecule has 0 saturated carbocycles. The molecule has 1 fully saturated rings.